The number of hydrogen-bond donors (Lipinski definition) is 1. The fourth-order valence-electron chi connectivity index (χ4n) is 1.53. The number of nitrogens with zero attached hydrogens (tertiary/aromatic N) is 1. The van der Waals surface area contributed by atoms with Crippen LogP contribution < -0.4 is 0 Å². The van der Waals surface area contributed by atoms with E-state index in [0.29, 0.717) is 6.42 Å². The molecule has 1 N–H and O–H groups in total. The lowest BCUT2D eigenvalue weighted by Crippen LogP contribution is -1.97. The normalized spacial score (nSPS) is 10.5. The van der Waals surface area contributed by atoms with Gasteiger partial charge >= 0.3 is 0 Å². The van der Waals surface area contributed by atoms with Gasteiger partial charge in [-0.05, 0) is 25.3 Å². The lowest BCUT2D eigenvalue weighted by molar-refractivity contribution is 0.0988. The van der Waals surface area contributed by atoms with Crippen LogP contribution in [0, 0.1) is 0 Å². The topological polar surface area (TPSA) is 42.2 Å². The molecule has 0 bridgehead atoms. The number of carbonyl (C=O) groups excluding carboxylic acids is 1. The summed E-state index contributed by atoms with van der Waals surface area (Å²) in [6, 6.07) is 1.87. The Bertz CT molecular complexity index is 304. The third kappa shape index (κ3) is 3.88. The summed E-state index contributed by atoms with van der Waals surface area (Å²) in [5.41, 5.74) is 0.805. The highest BCUT2D eigenvalue weighted by Crippen LogP contribution is 2.06. The summed E-state index contributed by atoms with van der Waals surface area (Å²) >= 11 is 0. The average Bonchev–Trinajstić information content (AvgIpc) is 2.72. The predicted octanol–water partition coefficient (Wildman–Crippen LogP) is 2.24. The molecular formula is C12H19NO2. The standard InChI is InChI=1S/C12H19NO2/c1-2-12(15)11-6-8-13(10-11)7-4-3-5-9-14/h6,8,10,14H,2-5,7,9H2,1H3. The van der Waals surface area contributed by atoms with E-state index in [2.05, 4.69) is 0 Å². The molecule has 84 valence electrons. The van der Waals surface area contributed by atoms with E-state index in [1.165, 1.54) is 0 Å². The molecule has 1 aromatic heterocycles. The molecule has 1 heterocycles. The minimum atomic E-state index is 0.198. The fourth-order valence-corrected chi connectivity index (χ4v) is 1.53. The Morgan fingerprint density at radius 2 is 2.20 bits per heavy atom. The van der Waals surface area contributed by atoms with Crippen LogP contribution in [0.25, 0.3) is 0 Å². The quantitative estimate of drug-likeness (QED) is 0.553. The van der Waals surface area contributed by atoms with Crippen molar-refractivity contribution < 1.29 is 9.90 Å². The Morgan fingerprint density at radius 1 is 1.40 bits per heavy atom. The third-order valence-electron chi connectivity index (χ3n) is 2.47. The van der Waals surface area contributed by atoms with Gasteiger partial charge in [-0.3, -0.25) is 4.79 Å². The maximum Gasteiger partial charge on any atom is 0.164 e. The molecular weight excluding hydrogens is 190 g/mol. The molecule has 0 amide bonds. The SMILES string of the molecule is CCC(=O)c1ccn(CCCCCO)c1. The Kier molecular flexibility index (Phi) is 5.12. The molecule has 0 aliphatic heterocycles. The van der Waals surface area contributed by atoms with Crippen LogP contribution in [0.3, 0.4) is 0 Å². The number of rotatable bonds is 7. The van der Waals surface area contributed by atoms with Gasteiger partial charge in [-0.1, -0.05) is 6.92 Å². The minimum absolute atomic E-state index is 0.198. The lowest BCUT2D eigenvalue weighted by Gasteiger charge is -2.01. The van der Waals surface area contributed by atoms with Crippen molar-refractivity contribution in [1.29, 1.82) is 0 Å². The van der Waals surface area contributed by atoms with Crippen molar-refractivity contribution in [2.45, 2.75) is 39.2 Å². The Labute approximate surface area is 90.7 Å². The molecule has 0 aliphatic rings. The molecule has 0 saturated carbocycles. The zero-order chi connectivity index (χ0) is 11.1. The van der Waals surface area contributed by atoms with E-state index in [-0.39, 0.29) is 12.4 Å². The molecule has 0 aliphatic carbocycles. The number of aryl methyl sites for hydroxylation is 1. The van der Waals surface area contributed by atoms with Gasteiger partial charge in [0, 0.05) is 37.5 Å². The Morgan fingerprint density at radius 3 is 2.87 bits per heavy atom. The number of Topliss-reactive ketones (excluding diaryl/α,β-unsaturated/α-hetero) is 1. The minimum Gasteiger partial charge on any atom is -0.396 e. The van der Waals surface area contributed by atoms with Crippen molar-refractivity contribution >= 4 is 5.78 Å². The van der Waals surface area contributed by atoms with Crippen molar-refractivity contribution in [1.82, 2.24) is 4.57 Å². The highest BCUT2D eigenvalue weighted by Gasteiger charge is 2.04. The van der Waals surface area contributed by atoms with E-state index in [9.17, 15) is 4.79 Å². The molecule has 0 saturated heterocycles. The van der Waals surface area contributed by atoms with Gasteiger partial charge in [-0.25, -0.2) is 0 Å². The van der Waals surface area contributed by atoms with Gasteiger partial charge < -0.3 is 9.67 Å². The van der Waals surface area contributed by atoms with E-state index in [1.807, 2.05) is 30.0 Å². The van der Waals surface area contributed by atoms with Crippen molar-refractivity contribution in [3.63, 3.8) is 0 Å². The van der Waals surface area contributed by atoms with Crippen LogP contribution in [0.2, 0.25) is 0 Å². The average molecular weight is 209 g/mol. The molecule has 15 heavy (non-hydrogen) atoms. The zero-order valence-corrected chi connectivity index (χ0v) is 9.28. The van der Waals surface area contributed by atoms with Gasteiger partial charge in [0.25, 0.3) is 0 Å². The van der Waals surface area contributed by atoms with Crippen LogP contribution in [0.1, 0.15) is 43.0 Å². The summed E-state index contributed by atoms with van der Waals surface area (Å²) in [6.45, 7) is 3.07. The first-order chi connectivity index (χ1) is 7.27. The third-order valence-corrected chi connectivity index (χ3v) is 2.47. The van der Waals surface area contributed by atoms with Gasteiger partial charge in [0.2, 0.25) is 0 Å². The van der Waals surface area contributed by atoms with Crippen LogP contribution in [0.5, 0.6) is 0 Å². The summed E-state index contributed by atoms with van der Waals surface area (Å²) in [7, 11) is 0. The first kappa shape index (κ1) is 12.0. The molecule has 0 radical (unpaired) electrons. The predicted molar refractivity (Wildman–Crippen MR) is 60.0 cm³/mol. The second kappa shape index (κ2) is 6.40. The highest BCUT2D eigenvalue weighted by atomic mass is 16.2. The Hall–Kier alpha value is -1.09. The second-order valence-corrected chi connectivity index (χ2v) is 3.70. The number of unbranched alkanes of at least 4 members (excludes halogenated alkanes) is 2. The first-order valence-electron chi connectivity index (χ1n) is 5.57. The molecule has 3 heteroatoms. The van der Waals surface area contributed by atoms with Gasteiger partial charge in [0.15, 0.2) is 5.78 Å². The van der Waals surface area contributed by atoms with Gasteiger partial charge in [-0.2, -0.15) is 0 Å². The largest absolute Gasteiger partial charge is 0.396 e. The smallest absolute Gasteiger partial charge is 0.164 e. The summed E-state index contributed by atoms with van der Waals surface area (Å²) in [5.74, 6) is 0.198. The summed E-state index contributed by atoms with van der Waals surface area (Å²) in [6.07, 6.45) is 7.36. The number of aromatic nitrogens is 1. The Balaban J connectivity index is 2.36. The van der Waals surface area contributed by atoms with Crippen molar-refractivity contribution in [3.8, 4) is 0 Å². The highest BCUT2D eigenvalue weighted by molar-refractivity contribution is 5.95. The van der Waals surface area contributed by atoms with E-state index in [1.54, 1.807) is 0 Å². The van der Waals surface area contributed by atoms with Crippen LogP contribution in [0.4, 0.5) is 0 Å². The molecule has 1 rings (SSSR count). The zero-order valence-electron chi connectivity index (χ0n) is 9.28. The van der Waals surface area contributed by atoms with Gasteiger partial charge in [-0.15, -0.1) is 0 Å². The summed E-state index contributed by atoms with van der Waals surface area (Å²) in [4.78, 5) is 11.4. The molecule has 0 aromatic carbocycles. The van der Waals surface area contributed by atoms with E-state index in [0.717, 1.165) is 31.4 Å². The maximum absolute atomic E-state index is 11.4. The summed E-state index contributed by atoms with van der Waals surface area (Å²) < 4.78 is 2.04. The van der Waals surface area contributed by atoms with Gasteiger partial charge in [0.1, 0.15) is 0 Å². The van der Waals surface area contributed by atoms with E-state index < -0.39 is 0 Å². The van der Waals surface area contributed by atoms with Crippen LogP contribution in [-0.4, -0.2) is 22.1 Å². The van der Waals surface area contributed by atoms with E-state index in [4.69, 9.17) is 5.11 Å². The fraction of sp³-hybridized carbons (Fsp3) is 0.583. The van der Waals surface area contributed by atoms with Crippen LogP contribution in [-0.2, 0) is 6.54 Å². The van der Waals surface area contributed by atoms with Crippen molar-refractivity contribution in [2.75, 3.05) is 6.61 Å². The van der Waals surface area contributed by atoms with Crippen molar-refractivity contribution in [3.05, 3.63) is 24.0 Å². The molecule has 3 nitrogen and oxygen atoms in total. The van der Waals surface area contributed by atoms with Crippen LogP contribution >= 0.6 is 0 Å². The number of carbonyl (C=O) groups is 1. The van der Waals surface area contributed by atoms with Crippen molar-refractivity contribution in [2.24, 2.45) is 0 Å². The number of aliphatic hydroxyl groups is 1. The number of ketones is 1. The number of hydrogen-bond acceptors (Lipinski definition) is 2. The monoisotopic (exact) mass is 209 g/mol. The molecule has 0 unspecified atom stereocenters. The first-order valence-corrected chi connectivity index (χ1v) is 5.57. The maximum atomic E-state index is 11.4. The molecule has 0 spiro atoms. The van der Waals surface area contributed by atoms with Crippen LogP contribution in [0.15, 0.2) is 18.5 Å². The molecule has 0 atom stereocenters. The lowest BCUT2D eigenvalue weighted by atomic mass is 10.2. The number of aliphatic hydroxyl groups excluding tert-OH is 1. The molecule has 1 aromatic rings. The van der Waals surface area contributed by atoms with E-state index >= 15 is 0 Å². The summed E-state index contributed by atoms with van der Waals surface area (Å²) in [5, 5.41) is 8.62. The molecule has 0 fully saturated rings. The van der Waals surface area contributed by atoms with Gasteiger partial charge in [0.05, 0.1) is 0 Å². The second-order valence-electron chi connectivity index (χ2n) is 3.70.